The first-order valence-electron chi connectivity index (χ1n) is 8.75. The van der Waals surface area contributed by atoms with Gasteiger partial charge in [-0.05, 0) is 62.1 Å². The van der Waals surface area contributed by atoms with Crippen molar-refractivity contribution in [2.24, 2.45) is 0 Å². The number of amides is 1. The van der Waals surface area contributed by atoms with Gasteiger partial charge in [0.1, 0.15) is 5.75 Å². The van der Waals surface area contributed by atoms with E-state index in [0.29, 0.717) is 23.8 Å². The molecule has 0 aliphatic rings. The number of aryl methyl sites for hydroxylation is 2. The monoisotopic (exact) mass is 357 g/mol. The highest BCUT2D eigenvalue weighted by molar-refractivity contribution is 5.80. The van der Waals surface area contributed by atoms with Crippen molar-refractivity contribution in [2.45, 2.75) is 32.8 Å². The summed E-state index contributed by atoms with van der Waals surface area (Å²) in [6.07, 6.45) is 1.14. The summed E-state index contributed by atoms with van der Waals surface area (Å²) in [7, 11) is 3.24. The maximum Gasteiger partial charge on any atom is 0.260 e. The van der Waals surface area contributed by atoms with E-state index in [9.17, 15) is 4.79 Å². The van der Waals surface area contributed by atoms with E-state index >= 15 is 0 Å². The first-order chi connectivity index (χ1) is 12.5. The van der Waals surface area contributed by atoms with Crippen molar-refractivity contribution < 1.29 is 19.0 Å². The minimum atomic E-state index is -0.530. The molecule has 0 aliphatic carbocycles. The van der Waals surface area contributed by atoms with E-state index in [1.165, 1.54) is 0 Å². The van der Waals surface area contributed by atoms with Crippen LogP contribution in [0.4, 0.5) is 0 Å². The fraction of sp³-hybridized carbons (Fsp3) is 0.381. The Morgan fingerprint density at radius 3 is 2.54 bits per heavy atom. The van der Waals surface area contributed by atoms with Gasteiger partial charge in [0.2, 0.25) is 0 Å². The van der Waals surface area contributed by atoms with Gasteiger partial charge in [-0.3, -0.25) is 4.79 Å². The summed E-state index contributed by atoms with van der Waals surface area (Å²) < 4.78 is 16.2. The van der Waals surface area contributed by atoms with Crippen LogP contribution in [0.3, 0.4) is 0 Å². The van der Waals surface area contributed by atoms with Crippen LogP contribution in [0.15, 0.2) is 42.5 Å². The second kappa shape index (κ2) is 9.70. The Bertz CT molecular complexity index is 730. The van der Waals surface area contributed by atoms with Gasteiger partial charge in [0, 0.05) is 6.54 Å². The van der Waals surface area contributed by atoms with Gasteiger partial charge in [-0.1, -0.05) is 18.2 Å². The van der Waals surface area contributed by atoms with Crippen molar-refractivity contribution in [3.63, 3.8) is 0 Å². The smallest absolute Gasteiger partial charge is 0.260 e. The van der Waals surface area contributed by atoms with Crippen LogP contribution in [0.5, 0.6) is 17.2 Å². The Balaban J connectivity index is 1.76. The number of rotatable bonds is 9. The molecule has 1 atom stereocenters. The number of hydrogen-bond donors (Lipinski definition) is 1. The van der Waals surface area contributed by atoms with E-state index in [-0.39, 0.29) is 5.91 Å². The SMILES string of the molecule is COc1ccc(CCCNC(=O)C(C)Oc2cccc(C)c2)cc1OC. The fourth-order valence-electron chi connectivity index (χ4n) is 2.63. The average molecular weight is 357 g/mol. The highest BCUT2D eigenvalue weighted by Gasteiger charge is 2.14. The molecule has 0 aliphatic heterocycles. The Labute approximate surface area is 155 Å². The second-order valence-electron chi connectivity index (χ2n) is 6.16. The molecular formula is C21H27NO4. The third-order valence-corrected chi connectivity index (χ3v) is 4.06. The van der Waals surface area contributed by atoms with Gasteiger partial charge in [-0.15, -0.1) is 0 Å². The van der Waals surface area contributed by atoms with Crippen LogP contribution in [0.2, 0.25) is 0 Å². The second-order valence-corrected chi connectivity index (χ2v) is 6.16. The van der Waals surface area contributed by atoms with Gasteiger partial charge in [-0.2, -0.15) is 0 Å². The summed E-state index contributed by atoms with van der Waals surface area (Å²) in [6.45, 7) is 4.34. The molecule has 2 aromatic rings. The predicted octanol–water partition coefficient (Wildman–Crippen LogP) is 3.53. The largest absolute Gasteiger partial charge is 0.493 e. The van der Waals surface area contributed by atoms with Crippen LogP contribution in [0.1, 0.15) is 24.5 Å². The lowest BCUT2D eigenvalue weighted by molar-refractivity contribution is -0.127. The topological polar surface area (TPSA) is 56.8 Å². The number of nitrogens with one attached hydrogen (secondary N) is 1. The molecule has 1 amide bonds. The first-order valence-corrected chi connectivity index (χ1v) is 8.75. The van der Waals surface area contributed by atoms with Gasteiger partial charge in [0.25, 0.3) is 5.91 Å². The zero-order valence-electron chi connectivity index (χ0n) is 15.9. The fourth-order valence-corrected chi connectivity index (χ4v) is 2.63. The summed E-state index contributed by atoms with van der Waals surface area (Å²) in [6, 6.07) is 13.5. The lowest BCUT2D eigenvalue weighted by Gasteiger charge is -2.15. The normalized spacial score (nSPS) is 11.5. The molecule has 5 nitrogen and oxygen atoms in total. The van der Waals surface area contributed by atoms with Crippen molar-refractivity contribution in [1.29, 1.82) is 0 Å². The Morgan fingerprint density at radius 2 is 1.85 bits per heavy atom. The van der Waals surface area contributed by atoms with Crippen LogP contribution in [0.25, 0.3) is 0 Å². The number of ether oxygens (including phenoxy) is 3. The van der Waals surface area contributed by atoms with Crippen LogP contribution in [-0.4, -0.2) is 32.8 Å². The molecule has 2 rings (SSSR count). The zero-order valence-corrected chi connectivity index (χ0v) is 15.9. The van der Waals surface area contributed by atoms with Crippen molar-refractivity contribution >= 4 is 5.91 Å². The van der Waals surface area contributed by atoms with Gasteiger partial charge in [0.15, 0.2) is 17.6 Å². The molecule has 140 valence electrons. The van der Waals surface area contributed by atoms with Crippen LogP contribution in [0, 0.1) is 6.92 Å². The van der Waals surface area contributed by atoms with Crippen LogP contribution < -0.4 is 19.5 Å². The molecule has 0 saturated heterocycles. The van der Waals surface area contributed by atoms with Crippen molar-refractivity contribution in [1.82, 2.24) is 5.32 Å². The van der Waals surface area contributed by atoms with Crippen LogP contribution in [-0.2, 0) is 11.2 Å². The summed E-state index contributed by atoms with van der Waals surface area (Å²) in [4.78, 5) is 12.2. The van der Waals surface area contributed by atoms with Crippen LogP contribution >= 0.6 is 0 Å². The lowest BCUT2D eigenvalue weighted by atomic mass is 10.1. The van der Waals surface area contributed by atoms with Gasteiger partial charge < -0.3 is 19.5 Å². The summed E-state index contributed by atoms with van der Waals surface area (Å²) in [5, 5.41) is 2.92. The quantitative estimate of drug-likeness (QED) is 0.698. The molecule has 0 fully saturated rings. The van der Waals surface area contributed by atoms with Crippen molar-refractivity contribution in [3.05, 3.63) is 53.6 Å². The molecule has 2 aromatic carbocycles. The number of methoxy groups -OCH3 is 2. The van der Waals surface area contributed by atoms with E-state index in [2.05, 4.69) is 5.32 Å². The summed E-state index contributed by atoms with van der Waals surface area (Å²) >= 11 is 0. The number of carbonyl (C=O) groups excluding carboxylic acids is 1. The number of hydrogen-bond acceptors (Lipinski definition) is 4. The molecule has 5 heteroatoms. The molecule has 0 radical (unpaired) electrons. The third-order valence-electron chi connectivity index (χ3n) is 4.06. The minimum absolute atomic E-state index is 0.112. The molecule has 0 heterocycles. The predicted molar refractivity (Wildman–Crippen MR) is 102 cm³/mol. The van der Waals surface area contributed by atoms with E-state index < -0.39 is 6.10 Å². The zero-order chi connectivity index (χ0) is 18.9. The first kappa shape index (κ1) is 19.6. The molecule has 1 N–H and O–H groups in total. The maximum absolute atomic E-state index is 12.2. The average Bonchev–Trinajstić information content (AvgIpc) is 2.64. The highest BCUT2D eigenvalue weighted by atomic mass is 16.5. The van der Waals surface area contributed by atoms with E-state index in [4.69, 9.17) is 14.2 Å². The molecule has 0 spiro atoms. The van der Waals surface area contributed by atoms with Gasteiger partial charge in [-0.25, -0.2) is 0 Å². The number of benzene rings is 2. The Kier molecular flexibility index (Phi) is 7.33. The molecule has 0 saturated carbocycles. The summed E-state index contributed by atoms with van der Waals surface area (Å²) in [5.74, 6) is 2.03. The van der Waals surface area contributed by atoms with Gasteiger partial charge >= 0.3 is 0 Å². The van der Waals surface area contributed by atoms with E-state index in [1.807, 2.05) is 49.4 Å². The van der Waals surface area contributed by atoms with Gasteiger partial charge in [0.05, 0.1) is 14.2 Å². The van der Waals surface area contributed by atoms with E-state index in [0.717, 1.165) is 24.0 Å². The number of carbonyl (C=O) groups is 1. The minimum Gasteiger partial charge on any atom is -0.493 e. The molecule has 26 heavy (non-hydrogen) atoms. The third kappa shape index (κ3) is 5.69. The highest BCUT2D eigenvalue weighted by Crippen LogP contribution is 2.27. The lowest BCUT2D eigenvalue weighted by Crippen LogP contribution is -2.36. The molecular weight excluding hydrogens is 330 g/mol. The Hall–Kier alpha value is -2.69. The standard InChI is InChI=1S/C21H27NO4/c1-15-7-5-9-18(13-15)26-16(2)21(23)22-12-6-8-17-10-11-19(24-3)20(14-17)25-4/h5,7,9-11,13-14,16H,6,8,12H2,1-4H3,(H,22,23). The van der Waals surface area contributed by atoms with Crippen molar-refractivity contribution in [3.8, 4) is 17.2 Å². The Morgan fingerprint density at radius 1 is 1.08 bits per heavy atom. The summed E-state index contributed by atoms with van der Waals surface area (Å²) in [5.41, 5.74) is 2.24. The van der Waals surface area contributed by atoms with Crippen molar-refractivity contribution in [2.75, 3.05) is 20.8 Å². The molecule has 0 aromatic heterocycles. The molecule has 0 bridgehead atoms. The van der Waals surface area contributed by atoms with E-state index in [1.54, 1.807) is 21.1 Å². The molecule has 1 unspecified atom stereocenters. The maximum atomic E-state index is 12.2.